The van der Waals surface area contributed by atoms with Crippen molar-refractivity contribution in [3.05, 3.63) is 24.0 Å². The molecule has 0 bridgehead atoms. The zero-order valence-electron chi connectivity index (χ0n) is 11.4. The second-order valence-electron chi connectivity index (χ2n) is 5.37. The Morgan fingerprint density at radius 2 is 2.15 bits per heavy atom. The number of nitrogens with zero attached hydrogens (tertiary/aromatic N) is 1. The molecule has 0 spiro atoms. The Hall–Kier alpha value is -1.18. The van der Waals surface area contributed by atoms with Crippen LogP contribution in [0.15, 0.2) is 23.1 Å². The van der Waals surface area contributed by atoms with Crippen molar-refractivity contribution in [2.75, 3.05) is 24.5 Å². The van der Waals surface area contributed by atoms with E-state index in [1.807, 2.05) is 4.90 Å². The molecule has 1 fully saturated rings. The van der Waals surface area contributed by atoms with Crippen LogP contribution in [0.4, 0.5) is 10.1 Å². The van der Waals surface area contributed by atoms with E-state index in [2.05, 4.69) is 6.92 Å². The molecule has 1 heterocycles. The second-order valence-corrected chi connectivity index (χ2v) is 6.93. The van der Waals surface area contributed by atoms with Crippen molar-refractivity contribution in [3.8, 4) is 0 Å². The molecule has 2 unspecified atom stereocenters. The summed E-state index contributed by atoms with van der Waals surface area (Å²) in [6.45, 7) is 4.14. The lowest BCUT2D eigenvalue weighted by Gasteiger charge is -2.38. The van der Waals surface area contributed by atoms with Crippen molar-refractivity contribution in [2.24, 2.45) is 22.7 Å². The van der Waals surface area contributed by atoms with E-state index in [0.717, 1.165) is 19.0 Å². The van der Waals surface area contributed by atoms with Crippen LogP contribution in [0.2, 0.25) is 0 Å². The molecule has 0 saturated carbocycles. The zero-order valence-corrected chi connectivity index (χ0v) is 12.2. The smallest absolute Gasteiger partial charge is 0.238 e. The van der Waals surface area contributed by atoms with Crippen LogP contribution in [0, 0.1) is 17.7 Å². The van der Waals surface area contributed by atoms with Gasteiger partial charge in [0.2, 0.25) is 10.0 Å². The molecule has 0 radical (unpaired) electrons. The monoisotopic (exact) mass is 301 g/mol. The van der Waals surface area contributed by atoms with Crippen molar-refractivity contribution < 1.29 is 12.8 Å². The quantitative estimate of drug-likeness (QED) is 0.868. The summed E-state index contributed by atoms with van der Waals surface area (Å²) < 4.78 is 36.5. The molecule has 1 aliphatic heterocycles. The molecule has 20 heavy (non-hydrogen) atoms. The van der Waals surface area contributed by atoms with Crippen LogP contribution in [0.1, 0.15) is 13.3 Å². The number of hydrogen-bond donors (Lipinski definition) is 2. The molecule has 2 atom stereocenters. The fraction of sp³-hybridized carbons (Fsp3) is 0.538. The number of primary sulfonamides is 1. The molecule has 0 aliphatic carbocycles. The Bertz CT molecular complexity index is 591. The molecule has 4 N–H and O–H groups in total. The lowest BCUT2D eigenvalue weighted by Crippen LogP contribution is -2.43. The molecular weight excluding hydrogens is 281 g/mol. The first-order valence-corrected chi connectivity index (χ1v) is 8.15. The molecule has 5 nitrogen and oxygen atoms in total. The van der Waals surface area contributed by atoms with E-state index in [1.165, 1.54) is 12.1 Å². The van der Waals surface area contributed by atoms with Crippen molar-refractivity contribution in [3.63, 3.8) is 0 Å². The van der Waals surface area contributed by atoms with Gasteiger partial charge in [-0.3, -0.25) is 0 Å². The summed E-state index contributed by atoms with van der Waals surface area (Å²) in [4.78, 5) is 1.71. The highest BCUT2D eigenvalue weighted by molar-refractivity contribution is 7.89. The van der Waals surface area contributed by atoms with Crippen LogP contribution >= 0.6 is 0 Å². The van der Waals surface area contributed by atoms with Gasteiger partial charge in [-0.25, -0.2) is 17.9 Å². The standard InChI is InChI=1S/C13H20FN3O2S/c1-9-4-5-17(8-10(9)7-15)13-3-2-11(6-12(13)14)20(16,18)19/h2-3,6,9-10H,4-5,7-8,15H2,1H3,(H2,16,18,19). The number of rotatable bonds is 3. The van der Waals surface area contributed by atoms with Crippen LogP contribution in [0.25, 0.3) is 0 Å². The van der Waals surface area contributed by atoms with Gasteiger partial charge in [0.05, 0.1) is 10.6 Å². The van der Waals surface area contributed by atoms with Gasteiger partial charge in [-0.1, -0.05) is 6.92 Å². The first kappa shape index (κ1) is 15.2. The summed E-state index contributed by atoms with van der Waals surface area (Å²) in [5.74, 6) is 0.269. The van der Waals surface area contributed by atoms with Crippen LogP contribution in [0.3, 0.4) is 0 Å². The third-order valence-electron chi connectivity index (χ3n) is 4.01. The first-order chi connectivity index (χ1) is 9.32. The number of halogens is 1. The van der Waals surface area contributed by atoms with Gasteiger partial charge >= 0.3 is 0 Å². The highest BCUT2D eigenvalue weighted by atomic mass is 32.2. The minimum atomic E-state index is -3.88. The van der Waals surface area contributed by atoms with Crippen molar-refractivity contribution in [1.82, 2.24) is 0 Å². The number of sulfonamides is 1. The van der Waals surface area contributed by atoms with Crippen molar-refractivity contribution in [1.29, 1.82) is 0 Å². The largest absolute Gasteiger partial charge is 0.369 e. The average Bonchev–Trinajstić information content (AvgIpc) is 2.38. The predicted molar refractivity (Wildman–Crippen MR) is 76.3 cm³/mol. The first-order valence-electron chi connectivity index (χ1n) is 6.60. The molecule has 112 valence electrons. The molecule has 1 aromatic carbocycles. The lowest BCUT2D eigenvalue weighted by atomic mass is 9.87. The van der Waals surface area contributed by atoms with E-state index in [0.29, 0.717) is 30.6 Å². The summed E-state index contributed by atoms with van der Waals surface area (Å²) in [6, 6.07) is 3.78. The maximum absolute atomic E-state index is 14.1. The molecule has 1 saturated heterocycles. The number of benzene rings is 1. The third-order valence-corrected chi connectivity index (χ3v) is 4.92. The van der Waals surface area contributed by atoms with Crippen molar-refractivity contribution in [2.45, 2.75) is 18.2 Å². The molecule has 0 amide bonds. The van der Waals surface area contributed by atoms with E-state index in [-0.39, 0.29) is 4.90 Å². The van der Waals surface area contributed by atoms with Gasteiger partial charge < -0.3 is 10.6 Å². The Labute approximate surface area is 118 Å². The lowest BCUT2D eigenvalue weighted by molar-refractivity contribution is 0.306. The molecule has 7 heteroatoms. The van der Waals surface area contributed by atoms with E-state index in [9.17, 15) is 12.8 Å². The van der Waals surface area contributed by atoms with Crippen LogP contribution < -0.4 is 15.8 Å². The van der Waals surface area contributed by atoms with Gasteiger partial charge in [0, 0.05) is 13.1 Å². The van der Waals surface area contributed by atoms with Gasteiger partial charge in [0.1, 0.15) is 5.82 Å². The number of piperidine rings is 1. The number of nitrogens with two attached hydrogens (primary N) is 2. The SMILES string of the molecule is CC1CCN(c2ccc(S(N)(=O)=O)cc2F)CC1CN. The Kier molecular flexibility index (Phi) is 4.31. The van der Waals surface area contributed by atoms with Gasteiger partial charge in [-0.2, -0.15) is 0 Å². The minimum Gasteiger partial charge on any atom is -0.369 e. The predicted octanol–water partition coefficient (Wildman–Crippen LogP) is 0.894. The van der Waals surface area contributed by atoms with E-state index >= 15 is 0 Å². The van der Waals surface area contributed by atoms with Gasteiger partial charge in [0.25, 0.3) is 0 Å². The van der Waals surface area contributed by atoms with Gasteiger partial charge in [0.15, 0.2) is 0 Å². The van der Waals surface area contributed by atoms with E-state index in [4.69, 9.17) is 10.9 Å². The normalized spacial score (nSPS) is 23.9. The van der Waals surface area contributed by atoms with Gasteiger partial charge in [-0.05, 0) is 43.0 Å². The highest BCUT2D eigenvalue weighted by Crippen LogP contribution is 2.29. The van der Waals surface area contributed by atoms with Gasteiger partial charge in [-0.15, -0.1) is 0 Å². The van der Waals surface area contributed by atoms with Crippen molar-refractivity contribution >= 4 is 15.7 Å². The summed E-state index contributed by atoms with van der Waals surface area (Å²) in [5, 5.41) is 4.99. The second kappa shape index (κ2) is 5.67. The van der Waals surface area contributed by atoms with Crippen LogP contribution in [0.5, 0.6) is 0 Å². The topological polar surface area (TPSA) is 89.4 Å². The minimum absolute atomic E-state index is 0.209. The summed E-state index contributed by atoms with van der Waals surface area (Å²) in [6.07, 6.45) is 0.943. The van der Waals surface area contributed by atoms with E-state index < -0.39 is 15.8 Å². The summed E-state index contributed by atoms with van der Waals surface area (Å²) >= 11 is 0. The average molecular weight is 301 g/mol. The maximum Gasteiger partial charge on any atom is 0.238 e. The molecule has 1 aliphatic rings. The number of anilines is 1. The summed E-state index contributed by atoms with van der Waals surface area (Å²) in [5.41, 5.74) is 6.14. The Morgan fingerprint density at radius 1 is 1.45 bits per heavy atom. The van der Waals surface area contributed by atoms with E-state index in [1.54, 1.807) is 0 Å². The van der Waals surface area contributed by atoms with Crippen LogP contribution in [-0.4, -0.2) is 28.1 Å². The fourth-order valence-electron chi connectivity index (χ4n) is 2.60. The Morgan fingerprint density at radius 3 is 2.70 bits per heavy atom. The molecular formula is C13H20FN3O2S. The Balaban J connectivity index is 2.26. The molecule has 1 aromatic rings. The number of hydrogen-bond acceptors (Lipinski definition) is 4. The fourth-order valence-corrected chi connectivity index (χ4v) is 3.12. The third kappa shape index (κ3) is 3.11. The molecule has 0 aromatic heterocycles. The molecule has 2 rings (SSSR count). The van der Waals surface area contributed by atoms with Crippen LogP contribution in [-0.2, 0) is 10.0 Å². The zero-order chi connectivity index (χ0) is 14.9. The highest BCUT2D eigenvalue weighted by Gasteiger charge is 2.27. The maximum atomic E-state index is 14.1. The summed E-state index contributed by atoms with van der Waals surface area (Å²) in [7, 11) is -3.88.